The molecule has 0 spiro atoms. The van der Waals surface area contributed by atoms with E-state index in [9.17, 15) is 4.79 Å². The van der Waals surface area contributed by atoms with E-state index in [0.29, 0.717) is 12.2 Å². The van der Waals surface area contributed by atoms with Gasteiger partial charge in [-0.05, 0) is 24.9 Å². The third-order valence-corrected chi connectivity index (χ3v) is 5.28. The molecular formula is C19H25N3O2S. The number of nitrogens with zero attached hydrogens (tertiary/aromatic N) is 2. The van der Waals surface area contributed by atoms with Gasteiger partial charge in [0.1, 0.15) is 10.7 Å². The van der Waals surface area contributed by atoms with E-state index in [2.05, 4.69) is 46.4 Å². The number of aromatic nitrogens is 1. The number of benzene rings is 1. The molecule has 3 rings (SSSR count). The molecule has 1 N–H and O–H groups in total. The Morgan fingerprint density at radius 1 is 1.28 bits per heavy atom. The van der Waals surface area contributed by atoms with Crippen LogP contribution in [0.5, 0.6) is 0 Å². The van der Waals surface area contributed by atoms with E-state index in [1.54, 1.807) is 0 Å². The largest absolute Gasteiger partial charge is 0.379 e. The second kappa shape index (κ2) is 9.08. The van der Waals surface area contributed by atoms with Crippen molar-refractivity contribution in [3.05, 3.63) is 40.9 Å². The number of hydrogen-bond donors (Lipinski definition) is 1. The summed E-state index contributed by atoms with van der Waals surface area (Å²) in [7, 11) is 0. The molecule has 1 aliphatic heterocycles. The fourth-order valence-electron chi connectivity index (χ4n) is 2.81. The lowest BCUT2D eigenvalue weighted by molar-refractivity contribution is 0.0374. The topological polar surface area (TPSA) is 54.5 Å². The van der Waals surface area contributed by atoms with Crippen LogP contribution in [0.15, 0.2) is 29.6 Å². The monoisotopic (exact) mass is 359 g/mol. The minimum Gasteiger partial charge on any atom is -0.379 e. The van der Waals surface area contributed by atoms with Crippen molar-refractivity contribution in [3.8, 4) is 10.6 Å². The average Bonchev–Trinajstić information content (AvgIpc) is 3.16. The number of thiazole rings is 1. The summed E-state index contributed by atoms with van der Waals surface area (Å²) in [4.78, 5) is 19.1. The van der Waals surface area contributed by atoms with Crippen molar-refractivity contribution in [1.29, 1.82) is 0 Å². The standard InChI is InChI=1S/C19H25N3O2S/c1-2-15-4-6-16(7-5-15)19-21-17(14-25-19)18(23)20-8-3-9-22-10-12-24-13-11-22/h4-7,14H,2-3,8-13H2,1H3,(H,20,23). The van der Waals surface area contributed by atoms with Crippen LogP contribution in [-0.2, 0) is 11.2 Å². The maximum Gasteiger partial charge on any atom is 0.270 e. The molecule has 0 saturated carbocycles. The molecule has 1 aromatic heterocycles. The number of hydrogen-bond acceptors (Lipinski definition) is 5. The summed E-state index contributed by atoms with van der Waals surface area (Å²) in [5.74, 6) is -0.0883. The van der Waals surface area contributed by atoms with E-state index < -0.39 is 0 Å². The molecule has 0 atom stereocenters. The third kappa shape index (κ3) is 5.11. The van der Waals surface area contributed by atoms with Gasteiger partial charge in [-0.25, -0.2) is 4.98 Å². The number of morpholine rings is 1. The summed E-state index contributed by atoms with van der Waals surface area (Å²) < 4.78 is 5.34. The van der Waals surface area contributed by atoms with Gasteiger partial charge in [-0.1, -0.05) is 31.2 Å². The number of amides is 1. The van der Waals surface area contributed by atoms with Crippen LogP contribution in [0, 0.1) is 0 Å². The van der Waals surface area contributed by atoms with Crippen molar-refractivity contribution in [1.82, 2.24) is 15.2 Å². The Bertz CT molecular complexity index is 678. The first kappa shape index (κ1) is 18.0. The predicted octanol–water partition coefficient (Wildman–Crippen LogP) is 2.82. The Morgan fingerprint density at radius 2 is 2.04 bits per heavy atom. The van der Waals surface area contributed by atoms with Gasteiger partial charge in [-0.15, -0.1) is 11.3 Å². The lowest BCUT2D eigenvalue weighted by Gasteiger charge is -2.26. The van der Waals surface area contributed by atoms with Gasteiger partial charge in [0.25, 0.3) is 5.91 Å². The Morgan fingerprint density at radius 3 is 2.76 bits per heavy atom. The number of carbonyl (C=O) groups is 1. The van der Waals surface area contributed by atoms with E-state index in [4.69, 9.17) is 4.74 Å². The highest BCUT2D eigenvalue weighted by Gasteiger charge is 2.13. The molecule has 25 heavy (non-hydrogen) atoms. The van der Waals surface area contributed by atoms with Gasteiger partial charge >= 0.3 is 0 Å². The Balaban J connectivity index is 1.46. The quantitative estimate of drug-likeness (QED) is 0.773. The average molecular weight is 359 g/mol. The maximum absolute atomic E-state index is 12.2. The van der Waals surface area contributed by atoms with Gasteiger partial charge in [0.05, 0.1) is 13.2 Å². The van der Waals surface area contributed by atoms with Crippen molar-refractivity contribution in [3.63, 3.8) is 0 Å². The number of carbonyl (C=O) groups excluding carboxylic acids is 1. The van der Waals surface area contributed by atoms with Crippen molar-refractivity contribution in [2.45, 2.75) is 19.8 Å². The molecule has 0 bridgehead atoms. The smallest absolute Gasteiger partial charge is 0.270 e. The highest BCUT2D eigenvalue weighted by atomic mass is 32.1. The molecular weight excluding hydrogens is 334 g/mol. The SMILES string of the molecule is CCc1ccc(-c2nc(C(=O)NCCCN3CCOCC3)cs2)cc1. The lowest BCUT2D eigenvalue weighted by atomic mass is 10.1. The van der Waals surface area contributed by atoms with Crippen LogP contribution in [-0.4, -0.2) is 55.2 Å². The van der Waals surface area contributed by atoms with E-state index in [-0.39, 0.29) is 5.91 Å². The summed E-state index contributed by atoms with van der Waals surface area (Å²) in [6.07, 6.45) is 1.97. The van der Waals surface area contributed by atoms with Crippen LogP contribution >= 0.6 is 11.3 Å². The van der Waals surface area contributed by atoms with Gasteiger partial charge < -0.3 is 10.1 Å². The van der Waals surface area contributed by atoms with Crippen LogP contribution in [0.2, 0.25) is 0 Å². The van der Waals surface area contributed by atoms with E-state index in [1.165, 1.54) is 16.9 Å². The predicted molar refractivity (Wildman–Crippen MR) is 101 cm³/mol. The Kier molecular flexibility index (Phi) is 6.55. The first-order valence-corrected chi connectivity index (χ1v) is 9.77. The van der Waals surface area contributed by atoms with E-state index in [1.807, 2.05) is 5.38 Å². The minimum atomic E-state index is -0.0883. The van der Waals surface area contributed by atoms with Gasteiger partial charge in [-0.2, -0.15) is 0 Å². The van der Waals surface area contributed by atoms with Crippen molar-refractivity contribution < 1.29 is 9.53 Å². The van der Waals surface area contributed by atoms with Gasteiger partial charge in [0.15, 0.2) is 0 Å². The molecule has 1 aromatic carbocycles. The molecule has 2 heterocycles. The van der Waals surface area contributed by atoms with E-state index in [0.717, 1.165) is 56.3 Å². The minimum absolute atomic E-state index is 0.0883. The van der Waals surface area contributed by atoms with E-state index >= 15 is 0 Å². The molecule has 1 amide bonds. The van der Waals surface area contributed by atoms with Gasteiger partial charge in [0.2, 0.25) is 0 Å². The second-order valence-electron chi connectivity index (χ2n) is 6.15. The zero-order valence-corrected chi connectivity index (χ0v) is 15.5. The third-order valence-electron chi connectivity index (χ3n) is 4.39. The lowest BCUT2D eigenvalue weighted by Crippen LogP contribution is -2.38. The number of aryl methyl sites for hydroxylation is 1. The highest BCUT2D eigenvalue weighted by Crippen LogP contribution is 2.24. The van der Waals surface area contributed by atoms with Crippen LogP contribution in [0.3, 0.4) is 0 Å². The summed E-state index contributed by atoms with van der Waals surface area (Å²) in [6, 6.07) is 8.37. The molecule has 2 aromatic rings. The number of nitrogens with one attached hydrogen (secondary N) is 1. The van der Waals surface area contributed by atoms with Crippen molar-refractivity contribution in [2.75, 3.05) is 39.4 Å². The van der Waals surface area contributed by atoms with Gasteiger partial charge in [0, 0.05) is 30.6 Å². The summed E-state index contributed by atoms with van der Waals surface area (Å²) in [5.41, 5.74) is 2.87. The molecule has 1 fully saturated rings. The summed E-state index contributed by atoms with van der Waals surface area (Å²) in [6.45, 7) is 7.41. The fraction of sp³-hybridized carbons (Fsp3) is 0.474. The Labute approximate surface area is 153 Å². The molecule has 0 radical (unpaired) electrons. The summed E-state index contributed by atoms with van der Waals surface area (Å²) in [5, 5.41) is 5.69. The van der Waals surface area contributed by atoms with Crippen LogP contribution in [0.1, 0.15) is 29.4 Å². The normalized spacial score (nSPS) is 15.2. The van der Waals surface area contributed by atoms with Crippen molar-refractivity contribution >= 4 is 17.2 Å². The second-order valence-corrected chi connectivity index (χ2v) is 7.01. The zero-order chi connectivity index (χ0) is 17.5. The van der Waals surface area contributed by atoms with Crippen LogP contribution < -0.4 is 5.32 Å². The molecule has 6 heteroatoms. The molecule has 1 saturated heterocycles. The maximum atomic E-state index is 12.2. The van der Waals surface area contributed by atoms with Crippen LogP contribution in [0.25, 0.3) is 10.6 Å². The fourth-order valence-corrected chi connectivity index (χ4v) is 3.62. The molecule has 1 aliphatic rings. The molecule has 134 valence electrons. The first-order chi connectivity index (χ1) is 12.3. The first-order valence-electron chi connectivity index (χ1n) is 8.89. The Hall–Kier alpha value is -1.76. The van der Waals surface area contributed by atoms with Crippen molar-refractivity contribution in [2.24, 2.45) is 0 Å². The zero-order valence-electron chi connectivity index (χ0n) is 14.7. The number of rotatable bonds is 7. The highest BCUT2D eigenvalue weighted by molar-refractivity contribution is 7.13. The molecule has 0 aliphatic carbocycles. The van der Waals surface area contributed by atoms with Crippen LogP contribution in [0.4, 0.5) is 0 Å². The number of ether oxygens (including phenoxy) is 1. The molecule has 0 unspecified atom stereocenters. The summed E-state index contributed by atoms with van der Waals surface area (Å²) >= 11 is 1.51. The molecule has 5 nitrogen and oxygen atoms in total. The van der Waals surface area contributed by atoms with Gasteiger partial charge in [-0.3, -0.25) is 9.69 Å².